The van der Waals surface area contributed by atoms with Gasteiger partial charge in [-0.15, -0.1) is 0 Å². The van der Waals surface area contributed by atoms with Gasteiger partial charge in [0.2, 0.25) is 10.0 Å². The molecule has 1 atom stereocenters. The number of sulfonamides is 1. The molecule has 1 saturated heterocycles. The molecule has 0 N–H and O–H groups in total. The minimum Gasteiger partial charge on any atom is -0.460 e. The lowest BCUT2D eigenvalue weighted by molar-refractivity contribution is -0.151. The van der Waals surface area contributed by atoms with Gasteiger partial charge in [0.05, 0.1) is 16.5 Å². The average molecular weight is 430 g/mol. The van der Waals surface area contributed by atoms with E-state index in [0.29, 0.717) is 35.8 Å². The number of carbonyl (C=O) groups is 1. The van der Waals surface area contributed by atoms with Crippen molar-refractivity contribution in [3.8, 4) is 0 Å². The zero-order valence-corrected chi connectivity index (χ0v) is 17.1. The first-order valence-corrected chi connectivity index (χ1v) is 10.6. The predicted octanol–water partition coefficient (Wildman–Crippen LogP) is 2.67. The normalized spacial score (nSPS) is 18.2. The molecular weight excluding hydrogens is 409 g/mol. The molecule has 2 heterocycles. The van der Waals surface area contributed by atoms with Crippen molar-refractivity contribution in [1.82, 2.24) is 14.1 Å². The summed E-state index contributed by atoms with van der Waals surface area (Å²) in [7, 11) is -2.10. The van der Waals surface area contributed by atoms with Crippen LogP contribution in [-0.4, -0.2) is 41.6 Å². The Bertz CT molecular complexity index is 975. The number of hydrogen-bond donors (Lipinski definition) is 0. The highest BCUT2D eigenvalue weighted by Crippen LogP contribution is 2.26. The molecule has 28 heavy (non-hydrogen) atoms. The summed E-state index contributed by atoms with van der Waals surface area (Å²) in [6, 6.07) is 4.64. The SMILES string of the molecule is Cc1nn(C)c(Cl)c1COC(=O)[C@@H]1CCCN(S(=O)(=O)c2ccc(F)cc2)C1. The Kier molecular flexibility index (Phi) is 6.07. The number of hydrogen-bond acceptors (Lipinski definition) is 5. The Morgan fingerprint density at radius 3 is 2.64 bits per heavy atom. The van der Waals surface area contributed by atoms with E-state index in [4.69, 9.17) is 16.3 Å². The van der Waals surface area contributed by atoms with Gasteiger partial charge in [-0.05, 0) is 44.0 Å². The van der Waals surface area contributed by atoms with E-state index < -0.39 is 27.7 Å². The van der Waals surface area contributed by atoms with Gasteiger partial charge in [0.15, 0.2) is 0 Å². The third-order valence-electron chi connectivity index (χ3n) is 4.80. The molecule has 0 radical (unpaired) electrons. The molecule has 3 rings (SSSR count). The molecule has 1 aromatic carbocycles. The minimum absolute atomic E-state index is 0.000633. The van der Waals surface area contributed by atoms with E-state index in [2.05, 4.69) is 5.10 Å². The molecule has 1 aliphatic heterocycles. The van der Waals surface area contributed by atoms with Gasteiger partial charge in [0.1, 0.15) is 17.6 Å². The fourth-order valence-electron chi connectivity index (χ4n) is 3.21. The second-order valence-electron chi connectivity index (χ2n) is 6.74. The van der Waals surface area contributed by atoms with Crippen molar-refractivity contribution >= 4 is 27.6 Å². The molecule has 10 heteroatoms. The van der Waals surface area contributed by atoms with Crippen molar-refractivity contribution in [1.29, 1.82) is 0 Å². The lowest BCUT2D eigenvalue weighted by atomic mass is 10.00. The molecular formula is C18H21ClFN3O4S. The number of benzene rings is 1. The third kappa shape index (κ3) is 4.21. The summed E-state index contributed by atoms with van der Waals surface area (Å²) in [5.41, 5.74) is 1.30. The van der Waals surface area contributed by atoms with Crippen LogP contribution in [0.25, 0.3) is 0 Å². The van der Waals surface area contributed by atoms with Crippen molar-refractivity contribution in [2.75, 3.05) is 13.1 Å². The van der Waals surface area contributed by atoms with Crippen LogP contribution in [0.5, 0.6) is 0 Å². The summed E-state index contributed by atoms with van der Waals surface area (Å²) in [5.74, 6) is -1.55. The van der Waals surface area contributed by atoms with Crippen LogP contribution in [0.3, 0.4) is 0 Å². The van der Waals surface area contributed by atoms with Crippen molar-refractivity contribution < 1.29 is 22.3 Å². The molecule has 7 nitrogen and oxygen atoms in total. The molecule has 0 bridgehead atoms. The zero-order valence-electron chi connectivity index (χ0n) is 15.6. The Hall–Kier alpha value is -1.97. The van der Waals surface area contributed by atoms with Crippen LogP contribution in [0.15, 0.2) is 29.2 Å². The number of halogens is 2. The van der Waals surface area contributed by atoms with Gasteiger partial charge in [-0.3, -0.25) is 9.48 Å². The van der Waals surface area contributed by atoms with Crippen LogP contribution in [0.1, 0.15) is 24.1 Å². The molecule has 0 saturated carbocycles. The number of aryl methyl sites for hydroxylation is 2. The van der Waals surface area contributed by atoms with E-state index in [1.165, 1.54) is 21.1 Å². The number of aromatic nitrogens is 2. The zero-order chi connectivity index (χ0) is 20.5. The number of ether oxygens (including phenoxy) is 1. The number of carbonyl (C=O) groups excluding carboxylic acids is 1. The fraction of sp³-hybridized carbons (Fsp3) is 0.444. The highest BCUT2D eigenvalue weighted by molar-refractivity contribution is 7.89. The smallest absolute Gasteiger partial charge is 0.310 e. The summed E-state index contributed by atoms with van der Waals surface area (Å²) >= 11 is 6.14. The van der Waals surface area contributed by atoms with Crippen LogP contribution < -0.4 is 0 Å². The maximum atomic E-state index is 13.1. The minimum atomic E-state index is -3.80. The van der Waals surface area contributed by atoms with E-state index in [0.717, 1.165) is 12.1 Å². The van der Waals surface area contributed by atoms with Crippen LogP contribution in [0, 0.1) is 18.7 Å². The molecule has 1 aliphatic rings. The topological polar surface area (TPSA) is 81.5 Å². The maximum Gasteiger partial charge on any atom is 0.310 e. The molecule has 0 amide bonds. The van der Waals surface area contributed by atoms with Crippen molar-refractivity contribution in [3.63, 3.8) is 0 Å². The standard InChI is InChI=1S/C18H21ClFN3O4S/c1-12-16(17(19)22(2)21-12)11-27-18(24)13-4-3-9-23(10-13)28(25,26)15-7-5-14(20)6-8-15/h5-8,13H,3-4,9-11H2,1-2H3/t13-/m1/s1. The van der Waals surface area contributed by atoms with Crippen LogP contribution in [0.2, 0.25) is 5.15 Å². The van der Waals surface area contributed by atoms with E-state index in [-0.39, 0.29) is 18.0 Å². The van der Waals surface area contributed by atoms with Gasteiger partial charge in [-0.2, -0.15) is 9.40 Å². The quantitative estimate of drug-likeness (QED) is 0.682. The second kappa shape index (κ2) is 8.18. The summed E-state index contributed by atoms with van der Waals surface area (Å²) in [4.78, 5) is 12.5. The van der Waals surface area contributed by atoms with E-state index >= 15 is 0 Å². The van der Waals surface area contributed by atoms with Gasteiger partial charge in [-0.25, -0.2) is 12.8 Å². The first-order chi connectivity index (χ1) is 13.2. The summed E-state index contributed by atoms with van der Waals surface area (Å²) < 4.78 is 46.7. The molecule has 152 valence electrons. The number of esters is 1. The molecule has 2 aromatic rings. The first kappa shape index (κ1) is 20.8. The van der Waals surface area contributed by atoms with Gasteiger partial charge in [0, 0.05) is 25.7 Å². The lowest BCUT2D eigenvalue weighted by Crippen LogP contribution is -2.42. The Morgan fingerprint density at radius 2 is 2.04 bits per heavy atom. The summed E-state index contributed by atoms with van der Waals surface area (Å²) in [6.45, 7) is 2.08. The first-order valence-electron chi connectivity index (χ1n) is 8.80. The average Bonchev–Trinajstić information content (AvgIpc) is 2.92. The van der Waals surface area contributed by atoms with Crippen molar-refractivity contribution in [2.45, 2.75) is 31.3 Å². The van der Waals surface area contributed by atoms with Crippen molar-refractivity contribution in [3.05, 3.63) is 46.5 Å². The van der Waals surface area contributed by atoms with Crippen LogP contribution >= 0.6 is 11.6 Å². The largest absolute Gasteiger partial charge is 0.460 e. The molecule has 0 spiro atoms. The lowest BCUT2D eigenvalue weighted by Gasteiger charge is -2.30. The number of rotatable bonds is 5. The predicted molar refractivity (Wildman–Crippen MR) is 101 cm³/mol. The highest BCUT2D eigenvalue weighted by Gasteiger charge is 2.34. The van der Waals surface area contributed by atoms with Crippen molar-refractivity contribution in [2.24, 2.45) is 13.0 Å². The molecule has 0 unspecified atom stereocenters. The maximum absolute atomic E-state index is 13.1. The molecule has 1 aromatic heterocycles. The number of piperidine rings is 1. The Balaban J connectivity index is 1.67. The molecule has 0 aliphatic carbocycles. The fourth-order valence-corrected chi connectivity index (χ4v) is 4.96. The van der Waals surface area contributed by atoms with Crippen LogP contribution in [0.4, 0.5) is 4.39 Å². The molecule has 1 fully saturated rings. The van der Waals surface area contributed by atoms with Gasteiger partial charge < -0.3 is 4.74 Å². The van der Waals surface area contributed by atoms with E-state index in [9.17, 15) is 17.6 Å². The van der Waals surface area contributed by atoms with Gasteiger partial charge in [0.25, 0.3) is 0 Å². The number of nitrogens with zero attached hydrogens (tertiary/aromatic N) is 3. The van der Waals surface area contributed by atoms with Gasteiger partial charge >= 0.3 is 5.97 Å². The Morgan fingerprint density at radius 1 is 1.36 bits per heavy atom. The monoisotopic (exact) mass is 429 g/mol. The third-order valence-corrected chi connectivity index (χ3v) is 7.15. The van der Waals surface area contributed by atoms with E-state index in [1.54, 1.807) is 14.0 Å². The second-order valence-corrected chi connectivity index (χ2v) is 9.04. The summed E-state index contributed by atoms with van der Waals surface area (Å²) in [5, 5.41) is 4.56. The highest BCUT2D eigenvalue weighted by atomic mass is 35.5. The van der Waals surface area contributed by atoms with Gasteiger partial charge in [-0.1, -0.05) is 11.6 Å². The van der Waals surface area contributed by atoms with Crippen LogP contribution in [-0.2, 0) is 33.2 Å². The Labute approximate surface area is 168 Å². The van der Waals surface area contributed by atoms with E-state index in [1.807, 2.05) is 0 Å². The summed E-state index contributed by atoms with van der Waals surface area (Å²) in [6.07, 6.45) is 1.07.